The second-order valence-corrected chi connectivity index (χ2v) is 7.34. The van der Waals surface area contributed by atoms with E-state index in [-0.39, 0.29) is 0 Å². The van der Waals surface area contributed by atoms with Crippen LogP contribution in [0.3, 0.4) is 0 Å². The monoisotopic (exact) mass is 324 g/mol. The van der Waals surface area contributed by atoms with Crippen LogP contribution in [0.5, 0.6) is 11.5 Å². The summed E-state index contributed by atoms with van der Waals surface area (Å²) in [6.45, 7) is 6.08. The zero-order valence-electron chi connectivity index (χ0n) is 14.2. The summed E-state index contributed by atoms with van der Waals surface area (Å²) in [5.41, 5.74) is 2.99. The molecule has 2 aliphatic rings. The maximum Gasteiger partial charge on any atom is 0.231 e. The lowest BCUT2D eigenvalue weighted by Gasteiger charge is -2.41. The fraction of sp³-hybridized carbons (Fsp3) is 0.450. The summed E-state index contributed by atoms with van der Waals surface area (Å²) in [6, 6.07) is 10.6. The van der Waals surface area contributed by atoms with Gasteiger partial charge in [-0.1, -0.05) is 13.0 Å². The molecule has 0 aliphatic carbocycles. The number of aromatic nitrogens is 1. The Labute approximate surface area is 143 Å². The fourth-order valence-corrected chi connectivity index (χ4v) is 4.00. The molecule has 0 amide bonds. The highest BCUT2D eigenvalue weighted by Crippen LogP contribution is 2.37. The molecule has 1 aromatic carbocycles. The van der Waals surface area contributed by atoms with Crippen LogP contribution < -0.4 is 9.47 Å². The Bertz CT molecular complexity index is 704. The van der Waals surface area contributed by atoms with E-state index in [0.717, 1.165) is 31.0 Å². The molecule has 4 rings (SSSR count). The summed E-state index contributed by atoms with van der Waals surface area (Å²) in [7, 11) is 0. The lowest BCUT2D eigenvalue weighted by molar-refractivity contribution is 0.0969. The third kappa shape index (κ3) is 3.39. The first kappa shape index (κ1) is 15.5. The lowest BCUT2D eigenvalue weighted by Crippen LogP contribution is -2.42. The van der Waals surface area contributed by atoms with Crippen molar-refractivity contribution in [3.63, 3.8) is 0 Å². The summed E-state index contributed by atoms with van der Waals surface area (Å²) >= 11 is 0. The molecule has 1 fully saturated rings. The Morgan fingerprint density at radius 1 is 1.08 bits per heavy atom. The van der Waals surface area contributed by atoms with Crippen LogP contribution in [0, 0.1) is 5.41 Å². The van der Waals surface area contributed by atoms with Gasteiger partial charge in [-0.2, -0.15) is 0 Å². The van der Waals surface area contributed by atoms with E-state index < -0.39 is 0 Å². The van der Waals surface area contributed by atoms with Gasteiger partial charge >= 0.3 is 0 Å². The fourth-order valence-electron chi connectivity index (χ4n) is 4.00. The molecule has 2 aliphatic heterocycles. The van der Waals surface area contributed by atoms with Crippen molar-refractivity contribution in [1.82, 2.24) is 9.88 Å². The molecule has 1 unspecified atom stereocenters. The molecule has 0 saturated carbocycles. The zero-order chi connectivity index (χ0) is 16.4. The van der Waals surface area contributed by atoms with E-state index in [1.54, 1.807) is 0 Å². The minimum absolute atomic E-state index is 0.305. The third-order valence-electron chi connectivity index (χ3n) is 5.08. The highest BCUT2D eigenvalue weighted by molar-refractivity contribution is 5.44. The number of rotatable bonds is 4. The molecule has 0 radical (unpaired) electrons. The zero-order valence-corrected chi connectivity index (χ0v) is 14.2. The van der Waals surface area contributed by atoms with Gasteiger partial charge in [-0.25, -0.2) is 0 Å². The highest BCUT2D eigenvalue weighted by Gasteiger charge is 2.31. The molecule has 4 nitrogen and oxygen atoms in total. The minimum atomic E-state index is 0.305. The topological polar surface area (TPSA) is 34.6 Å². The van der Waals surface area contributed by atoms with Gasteiger partial charge in [0.05, 0.1) is 0 Å². The molecule has 0 N–H and O–H groups in total. The van der Waals surface area contributed by atoms with Crippen molar-refractivity contribution in [1.29, 1.82) is 0 Å². The van der Waals surface area contributed by atoms with E-state index in [9.17, 15) is 0 Å². The largest absolute Gasteiger partial charge is 0.454 e. The Kier molecular flexibility index (Phi) is 4.15. The van der Waals surface area contributed by atoms with Crippen molar-refractivity contribution >= 4 is 0 Å². The molecule has 24 heavy (non-hydrogen) atoms. The summed E-state index contributed by atoms with van der Waals surface area (Å²) in [5.74, 6) is 1.76. The highest BCUT2D eigenvalue weighted by atomic mass is 16.7. The van der Waals surface area contributed by atoms with Gasteiger partial charge in [-0.15, -0.1) is 0 Å². The van der Waals surface area contributed by atoms with E-state index in [2.05, 4.69) is 41.1 Å². The number of piperidine rings is 1. The molecule has 4 heteroatoms. The van der Waals surface area contributed by atoms with E-state index in [4.69, 9.17) is 9.47 Å². The second-order valence-electron chi connectivity index (χ2n) is 7.34. The predicted molar refractivity (Wildman–Crippen MR) is 93.1 cm³/mol. The molecule has 0 bridgehead atoms. The van der Waals surface area contributed by atoms with Gasteiger partial charge in [0.15, 0.2) is 11.5 Å². The maximum absolute atomic E-state index is 5.52. The van der Waals surface area contributed by atoms with Gasteiger partial charge < -0.3 is 9.47 Å². The van der Waals surface area contributed by atoms with Crippen LogP contribution in [0.2, 0.25) is 0 Å². The second kappa shape index (κ2) is 6.44. The first-order valence-electron chi connectivity index (χ1n) is 8.70. The van der Waals surface area contributed by atoms with Crippen molar-refractivity contribution in [3.05, 3.63) is 53.9 Å². The van der Waals surface area contributed by atoms with Crippen molar-refractivity contribution < 1.29 is 9.47 Å². The number of pyridine rings is 1. The Balaban J connectivity index is 1.44. The number of fused-ring (bicyclic) bond motifs is 1. The summed E-state index contributed by atoms with van der Waals surface area (Å²) in [6.07, 6.45) is 7.37. The van der Waals surface area contributed by atoms with Crippen molar-refractivity contribution in [2.75, 3.05) is 19.9 Å². The van der Waals surface area contributed by atoms with E-state index in [1.807, 2.05) is 18.5 Å². The molecule has 1 saturated heterocycles. The van der Waals surface area contributed by atoms with E-state index in [1.165, 1.54) is 30.5 Å². The Hall–Kier alpha value is -2.07. The molecular weight excluding hydrogens is 300 g/mol. The summed E-state index contributed by atoms with van der Waals surface area (Å²) in [5, 5.41) is 0. The molecule has 2 aromatic rings. The van der Waals surface area contributed by atoms with Crippen LogP contribution in [-0.4, -0.2) is 29.8 Å². The first-order chi connectivity index (χ1) is 11.7. The predicted octanol–water partition coefficient (Wildman–Crippen LogP) is 3.66. The number of hydrogen-bond donors (Lipinski definition) is 0. The Morgan fingerprint density at radius 3 is 2.79 bits per heavy atom. The summed E-state index contributed by atoms with van der Waals surface area (Å²) < 4.78 is 10.9. The number of nitrogens with zero attached hydrogens (tertiary/aromatic N) is 2. The van der Waals surface area contributed by atoms with Crippen molar-refractivity contribution in [3.8, 4) is 11.5 Å². The third-order valence-corrected chi connectivity index (χ3v) is 5.08. The average Bonchev–Trinajstić information content (AvgIpc) is 3.03. The molecule has 1 aromatic heterocycles. The van der Waals surface area contributed by atoms with Gasteiger partial charge in [0, 0.05) is 25.5 Å². The molecular formula is C20H24N2O2. The lowest BCUT2D eigenvalue weighted by atomic mass is 9.77. The van der Waals surface area contributed by atoms with Crippen LogP contribution in [0.4, 0.5) is 0 Å². The number of likely N-dealkylation sites (tertiary alicyclic amines) is 1. The SMILES string of the molecule is CC1(Cc2ccc3c(c2)OCO3)CCCN(Cc2ccncc2)C1. The standard InChI is InChI=1S/C20H24N2O2/c1-20(12-17-3-4-18-19(11-17)24-15-23-18)7-2-10-22(14-20)13-16-5-8-21-9-6-16/h3-6,8-9,11H,2,7,10,12-15H2,1H3. The van der Waals surface area contributed by atoms with Gasteiger partial charge in [-0.05, 0) is 66.6 Å². The van der Waals surface area contributed by atoms with Crippen molar-refractivity contribution in [2.24, 2.45) is 5.41 Å². The molecule has 3 heterocycles. The Morgan fingerprint density at radius 2 is 1.92 bits per heavy atom. The smallest absolute Gasteiger partial charge is 0.231 e. The van der Waals surface area contributed by atoms with Crippen molar-refractivity contribution in [2.45, 2.75) is 32.7 Å². The first-order valence-corrected chi connectivity index (χ1v) is 8.70. The van der Waals surface area contributed by atoms with Gasteiger partial charge in [0.2, 0.25) is 6.79 Å². The quantitative estimate of drug-likeness (QED) is 0.860. The number of benzene rings is 1. The van der Waals surface area contributed by atoms with Crippen LogP contribution in [0.25, 0.3) is 0 Å². The summed E-state index contributed by atoms with van der Waals surface area (Å²) in [4.78, 5) is 6.69. The minimum Gasteiger partial charge on any atom is -0.454 e. The number of ether oxygens (including phenoxy) is 2. The van der Waals surface area contributed by atoms with E-state index in [0.29, 0.717) is 12.2 Å². The maximum atomic E-state index is 5.52. The number of hydrogen-bond acceptors (Lipinski definition) is 4. The normalized spacial score (nSPS) is 23.4. The molecule has 1 atom stereocenters. The molecule has 126 valence electrons. The van der Waals surface area contributed by atoms with Crippen LogP contribution in [-0.2, 0) is 13.0 Å². The van der Waals surface area contributed by atoms with Crippen LogP contribution in [0.1, 0.15) is 30.9 Å². The van der Waals surface area contributed by atoms with Crippen LogP contribution in [0.15, 0.2) is 42.7 Å². The van der Waals surface area contributed by atoms with Gasteiger partial charge in [-0.3, -0.25) is 9.88 Å². The van der Waals surface area contributed by atoms with Gasteiger partial charge in [0.25, 0.3) is 0 Å². The molecule has 0 spiro atoms. The average molecular weight is 324 g/mol. The van der Waals surface area contributed by atoms with Crippen LogP contribution >= 0.6 is 0 Å². The van der Waals surface area contributed by atoms with E-state index >= 15 is 0 Å². The van der Waals surface area contributed by atoms with Gasteiger partial charge in [0.1, 0.15) is 0 Å².